The number of carbonyl (C=O) groups is 2. The maximum Gasteiger partial charge on any atom is 0.257 e. The second kappa shape index (κ2) is 10.2. The van der Waals surface area contributed by atoms with Crippen molar-refractivity contribution in [2.75, 3.05) is 10.6 Å². The second-order valence-corrected chi connectivity index (χ2v) is 7.37. The van der Waals surface area contributed by atoms with Gasteiger partial charge in [-0.1, -0.05) is 54.6 Å². The number of aryl methyl sites for hydroxylation is 2. The van der Waals surface area contributed by atoms with Crippen molar-refractivity contribution in [3.63, 3.8) is 0 Å². The Balaban J connectivity index is 1.44. The molecule has 4 rings (SSSR count). The molecule has 0 unspecified atom stereocenters. The summed E-state index contributed by atoms with van der Waals surface area (Å²) in [5.74, 6) is -0.433. The van der Waals surface area contributed by atoms with Gasteiger partial charge in [0.2, 0.25) is 0 Å². The molecule has 32 heavy (non-hydrogen) atoms. The van der Waals surface area contributed by atoms with Crippen LogP contribution in [0.4, 0.5) is 11.4 Å². The van der Waals surface area contributed by atoms with Crippen LogP contribution in [0.15, 0.2) is 103 Å². The van der Waals surface area contributed by atoms with Crippen LogP contribution in [0.3, 0.4) is 0 Å². The molecule has 5 heteroatoms. The number of carbonyl (C=O) groups excluding carboxylic acids is 2. The molecule has 0 radical (unpaired) electrons. The van der Waals surface area contributed by atoms with Crippen molar-refractivity contribution in [3.05, 3.63) is 126 Å². The smallest absolute Gasteiger partial charge is 0.257 e. The molecule has 0 aliphatic heterocycles. The number of hydrogen-bond donors (Lipinski definition) is 2. The Morgan fingerprint density at radius 2 is 1.41 bits per heavy atom. The van der Waals surface area contributed by atoms with Crippen LogP contribution >= 0.6 is 0 Å². The van der Waals surface area contributed by atoms with Gasteiger partial charge in [-0.3, -0.25) is 14.6 Å². The third-order valence-electron chi connectivity index (χ3n) is 5.09. The van der Waals surface area contributed by atoms with Crippen LogP contribution in [-0.2, 0) is 12.8 Å². The zero-order valence-corrected chi connectivity index (χ0v) is 17.5. The van der Waals surface area contributed by atoms with E-state index in [2.05, 4.69) is 27.8 Å². The summed E-state index contributed by atoms with van der Waals surface area (Å²) in [5.41, 5.74) is 4.54. The number of pyridine rings is 1. The van der Waals surface area contributed by atoms with Gasteiger partial charge in [-0.2, -0.15) is 0 Å². The summed E-state index contributed by atoms with van der Waals surface area (Å²) in [6.45, 7) is 0. The molecular formula is C27H23N3O2. The van der Waals surface area contributed by atoms with Gasteiger partial charge in [-0.05, 0) is 60.4 Å². The fourth-order valence-corrected chi connectivity index (χ4v) is 3.46. The number of benzene rings is 3. The lowest BCUT2D eigenvalue weighted by Crippen LogP contribution is -2.15. The molecule has 3 aromatic carbocycles. The molecule has 0 spiro atoms. The molecule has 2 amide bonds. The lowest BCUT2D eigenvalue weighted by molar-refractivity contribution is 0.101. The monoisotopic (exact) mass is 421 g/mol. The van der Waals surface area contributed by atoms with Gasteiger partial charge in [0.05, 0.1) is 5.56 Å². The quantitative estimate of drug-likeness (QED) is 0.421. The first-order chi connectivity index (χ1) is 15.7. The summed E-state index contributed by atoms with van der Waals surface area (Å²) >= 11 is 0. The summed E-state index contributed by atoms with van der Waals surface area (Å²) < 4.78 is 0. The molecule has 5 nitrogen and oxygen atoms in total. The number of rotatable bonds is 7. The number of anilines is 2. The molecule has 0 saturated carbocycles. The molecule has 1 aromatic heterocycles. The predicted molar refractivity (Wildman–Crippen MR) is 127 cm³/mol. The predicted octanol–water partition coefficient (Wildman–Crippen LogP) is 5.37. The van der Waals surface area contributed by atoms with E-state index < -0.39 is 0 Å². The lowest BCUT2D eigenvalue weighted by Gasteiger charge is -2.12. The van der Waals surface area contributed by atoms with Crippen molar-refractivity contribution in [2.24, 2.45) is 0 Å². The van der Waals surface area contributed by atoms with Crippen molar-refractivity contribution in [2.45, 2.75) is 12.8 Å². The highest BCUT2D eigenvalue weighted by molar-refractivity contribution is 6.06. The van der Waals surface area contributed by atoms with Gasteiger partial charge in [0, 0.05) is 29.3 Å². The van der Waals surface area contributed by atoms with E-state index in [4.69, 9.17) is 0 Å². The molecule has 0 aliphatic carbocycles. The first-order valence-electron chi connectivity index (χ1n) is 10.4. The number of hydrogen-bond acceptors (Lipinski definition) is 3. The Hall–Kier alpha value is -4.25. The number of nitrogens with one attached hydrogen (secondary N) is 2. The average Bonchev–Trinajstić information content (AvgIpc) is 2.84. The molecule has 2 N–H and O–H groups in total. The van der Waals surface area contributed by atoms with Gasteiger partial charge in [-0.15, -0.1) is 0 Å². The van der Waals surface area contributed by atoms with Gasteiger partial charge in [0.15, 0.2) is 0 Å². The summed E-state index contributed by atoms with van der Waals surface area (Å²) in [6.07, 6.45) is 4.76. The third-order valence-corrected chi connectivity index (χ3v) is 5.09. The van der Waals surface area contributed by atoms with E-state index in [1.807, 2.05) is 42.5 Å². The van der Waals surface area contributed by atoms with E-state index >= 15 is 0 Å². The van der Waals surface area contributed by atoms with Gasteiger partial charge in [0.25, 0.3) is 11.8 Å². The summed E-state index contributed by atoms with van der Waals surface area (Å²) in [4.78, 5) is 29.3. The fraction of sp³-hybridized carbons (Fsp3) is 0.0741. The Bertz CT molecular complexity index is 1210. The van der Waals surface area contributed by atoms with Crippen LogP contribution in [-0.4, -0.2) is 16.8 Å². The summed E-state index contributed by atoms with van der Waals surface area (Å²) in [6, 6.07) is 28.4. The number of aromatic nitrogens is 1. The minimum absolute atomic E-state index is 0.176. The Labute approximate surface area is 187 Å². The maximum absolute atomic E-state index is 13.0. The van der Waals surface area contributed by atoms with E-state index in [0.29, 0.717) is 22.5 Å². The highest BCUT2D eigenvalue weighted by Crippen LogP contribution is 2.19. The van der Waals surface area contributed by atoms with Crippen molar-refractivity contribution < 1.29 is 9.59 Å². The molecule has 1 heterocycles. The van der Waals surface area contributed by atoms with Gasteiger partial charge >= 0.3 is 0 Å². The topological polar surface area (TPSA) is 71.1 Å². The van der Waals surface area contributed by atoms with Gasteiger partial charge in [-0.25, -0.2) is 0 Å². The molecule has 0 bridgehead atoms. The van der Waals surface area contributed by atoms with Crippen molar-refractivity contribution in [1.82, 2.24) is 4.98 Å². The van der Waals surface area contributed by atoms with Crippen LogP contribution in [0.25, 0.3) is 0 Å². The van der Waals surface area contributed by atoms with Gasteiger partial charge in [0.1, 0.15) is 0 Å². The highest BCUT2D eigenvalue weighted by Gasteiger charge is 2.12. The summed E-state index contributed by atoms with van der Waals surface area (Å²) in [7, 11) is 0. The zero-order valence-electron chi connectivity index (χ0n) is 17.5. The Kier molecular flexibility index (Phi) is 6.68. The standard InChI is InChI=1S/C27H23N3O2/c31-26(22-11-7-17-28-19-22)29-23-12-6-13-24(18-23)30-27(32)25-14-5-4-10-21(25)16-15-20-8-2-1-3-9-20/h1-14,17-19H,15-16H2,(H,29,31)(H,30,32). The third kappa shape index (κ3) is 5.46. The van der Waals surface area contributed by atoms with Crippen LogP contribution in [0.5, 0.6) is 0 Å². The maximum atomic E-state index is 13.0. The SMILES string of the molecule is O=C(Nc1cccc(NC(=O)c2ccccc2CCc2ccccc2)c1)c1cccnc1. The number of amides is 2. The molecular weight excluding hydrogens is 398 g/mol. The summed E-state index contributed by atoms with van der Waals surface area (Å²) in [5, 5.41) is 5.78. The normalized spacial score (nSPS) is 10.4. The van der Waals surface area contributed by atoms with Gasteiger partial charge < -0.3 is 10.6 Å². The molecule has 0 aliphatic rings. The van der Waals surface area contributed by atoms with Crippen molar-refractivity contribution in [1.29, 1.82) is 0 Å². The minimum atomic E-state index is -0.257. The van der Waals surface area contributed by atoms with Crippen molar-refractivity contribution in [3.8, 4) is 0 Å². The minimum Gasteiger partial charge on any atom is -0.322 e. The average molecular weight is 422 g/mol. The molecule has 0 fully saturated rings. The molecule has 0 saturated heterocycles. The molecule has 158 valence electrons. The van der Waals surface area contributed by atoms with E-state index in [9.17, 15) is 9.59 Å². The van der Waals surface area contributed by atoms with E-state index in [0.717, 1.165) is 18.4 Å². The van der Waals surface area contributed by atoms with E-state index in [1.165, 1.54) is 11.8 Å². The van der Waals surface area contributed by atoms with Crippen LogP contribution in [0.2, 0.25) is 0 Å². The largest absolute Gasteiger partial charge is 0.322 e. The first-order valence-corrected chi connectivity index (χ1v) is 10.4. The van der Waals surface area contributed by atoms with Crippen LogP contribution in [0.1, 0.15) is 31.8 Å². The van der Waals surface area contributed by atoms with Crippen molar-refractivity contribution >= 4 is 23.2 Å². The lowest BCUT2D eigenvalue weighted by atomic mass is 9.99. The second-order valence-electron chi connectivity index (χ2n) is 7.37. The van der Waals surface area contributed by atoms with E-state index in [-0.39, 0.29) is 11.8 Å². The Morgan fingerprint density at radius 1 is 0.688 bits per heavy atom. The molecule has 0 atom stereocenters. The highest BCUT2D eigenvalue weighted by atomic mass is 16.2. The van der Waals surface area contributed by atoms with Crippen LogP contribution < -0.4 is 10.6 Å². The zero-order chi connectivity index (χ0) is 22.2. The first kappa shape index (κ1) is 21.0. The fourth-order valence-electron chi connectivity index (χ4n) is 3.46. The number of nitrogens with zero attached hydrogens (tertiary/aromatic N) is 1. The Morgan fingerprint density at radius 3 is 2.16 bits per heavy atom. The molecule has 4 aromatic rings. The van der Waals surface area contributed by atoms with E-state index in [1.54, 1.807) is 42.6 Å². The van der Waals surface area contributed by atoms with Crippen LogP contribution in [0, 0.1) is 0 Å².